The number of hydrogen-bond acceptors (Lipinski definition) is 1. The average molecular weight is 804 g/mol. The Hall–Kier alpha value is -5.96. The summed E-state index contributed by atoms with van der Waals surface area (Å²) in [4.78, 5) is 2.56. The van der Waals surface area contributed by atoms with Gasteiger partial charge in [-0.1, -0.05) is 176 Å². The van der Waals surface area contributed by atoms with Crippen LogP contribution in [0.2, 0.25) is 13.1 Å². The van der Waals surface area contributed by atoms with E-state index in [4.69, 9.17) is 0 Å². The van der Waals surface area contributed by atoms with E-state index in [-0.39, 0.29) is 10.8 Å². The molecule has 0 amide bonds. The second kappa shape index (κ2) is 12.3. The zero-order chi connectivity index (χ0) is 41.8. The fourth-order valence-corrected chi connectivity index (χ4v) is 16.0. The first-order chi connectivity index (χ1) is 29.3. The molecular formula is C59H53NSi. The quantitative estimate of drug-likeness (QED) is 0.161. The van der Waals surface area contributed by atoms with Crippen LogP contribution in [0.5, 0.6) is 0 Å². The number of rotatable bonds is 3. The number of hydrogen-bond donors (Lipinski definition) is 0. The summed E-state index contributed by atoms with van der Waals surface area (Å²) >= 11 is 0. The van der Waals surface area contributed by atoms with Gasteiger partial charge in [0.2, 0.25) is 0 Å². The summed E-state index contributed by atoms with van der Waals surface area (Å²) in [7, 11) is -2.46. The Kier molecular flexibility index (Phi) is 7.45. The maximum absolute atomic E-state index is 2.64. The Morgan fingerprint density at radius 2 is 0.918 bits per heavy atom. The molecule has 0 bridgehead atoms. The topological polar surface area (TPSA) is 3.24 Å². The van der Waals surface area contributed by atoms with Gasteiger partial charge in [-0.15, -0.1) is 0 Å². The SMILES string of the molecule is CC(C)(C)c1ccc(N(c2ccc(C(C)(C)C)cc2)c2cccc3c2[Si](C)(C)c2c-3ccc3c2-c2ccc4c5c(ccc(c25)C32c3ccccc3-c3ccccc32)CC4)cc1. The molecule has 0 fully saturated rings. The van der Waals surface area contributed by atoms with Crippen LogP contribution in [0.3, 0.4) is 0 Å². The normalized spacial score (nSPS) is 15.7. The van der Waals surface area contributed by atoms with Crippen LogP contribution in [0.1, 0.15) is 86.1 Å². The molecule has 4 aliphatic rings. The molecule has 0 aromatic heterocycles. The van der Waals surface area contributed by atoms with E-state index in [9.17, 15) is 0 Å². The molecule has 1 spiro atoms. The number of benzene rings is 8. The largest absolute Gasteiger partial charge is 0.311 e. The summed E-state index contributed by atoms with van der Waals surface area (Å²) in [5, 5.41) is 6.11. The van der Waals surface area contributed by atoms with Gasteiger partial charge in [-0.05, 0) is 153 Å². The lowest BCUT2D eigenvalue weighted by atomic mass is 9.61. The lowest BCUT2D eigenvalue weighted by molar-refractivity contribution is 0.590. The molecule has 61 heavy (non-hydrogen) atoms. The van der Waals surface area contributed by atoms with Crippen molar-refractivity contribution in [3.05, 3.63) is 196 Å². The first kappa shape index (κ1) is 36.9. The molecule has 298 valence electrons. The van der Waals surface area contributed by atoms with E-state index in [0.717, 1.165) is 12.8 Å². The van der Waals surface area contributed by atoms with Crippen LogP contribution in [0.4, 0.5) is 17.1 Å². The third-order valence-corrected chi connectivity index (χ3v) is 18.6. The molecule has 1 nitrogen and oxygen atoms in total. The third kappa shape index (κ3) is 4.83. The van der Waals surface area contributed by atoms with E-state index in [2.05, 4.69) is 211 Å². The summed E-state index contributed by atoms with van der Waals surface area (Å²) in [6, 6.07) is 59.6. The predicted octanol–water partition coefficient (Wildman–Crippen LogP) is 14.1. The van der Waals surface area contributed by atoms with E-state index < -0.39 is 13.5 Å². The molecule has 8 aromatic carbocycles. The molecule has 8 aromatic rings. The summed E-state index contributed by atoms with van der Waals surface area (Å²) in [5.74, 6) is 0. The summed E-state index contributed by atoms with van der Waals surface area (Å²) in [6.45, 7) is 19.1. The fraction of sp³-hybridized carbons (Fsp3) is 0.220. The number of aryl methyl sites for hydroxylation is 2. The van der Waals surface area contributed by atoms with Gasteiger partial charge in [-0.2, -0.15) is 0 Å². The molecule has 0 atom stereocenters. The smallest absolute Gasteiger partial charge is 0.117 e. The van der Waals surface area contributed by atoms with E-state index in [0.29, 0.717) is 0 Å². The highest BCUT2D eigenvalue weighted by Gasteiger charge is 2.53. The van der Waals surface area contributed by atoms with Gasteiger partial charge < -0.3 is 4.90 Å². The van der Waals surface area contributed by atoms with Gasteiger partial charge >= 0.3 is 0 Å². The van der Waals surface area contributed by atoms with Gasteiger partial charge in [0.05, 0.1) is 5.41 Å². The average Bonchev–Trinajstić information content (AvgIpc) is 3.89. The molecule has 12 rings (SSSR count). The Morgan fingerprint density at radius 1 is 0.426 bits per heavy atom. The molecule has 1 heterocycles. The van der Waals surface area contributed by atoms with E-state index >= 15 is 0 Å². The highest BCUT2D eigenvalue weighted by Crippen LogP contribution is 2.63. The van der Waals surface area contributed by atoms with Crippen LogP contribution in [0.15, 0.2) is 152 Å². The predicted molar refractivity (Wildman–Crippen MR) is 262 cm³/mol. The maximum atomic E-state index is 2.64. The van der Waals surface area contributed by atoms with Crippen molar-refractivity contribution in [2.45, 2.75) is 83.7 Å². The van der Waals surface area contributed by atoms with Crippen molar-refractivity contribution in [2.75, 3.05) is 4.90 Å². The van der Waals surface area contributed by atoms with Crippen molar-refractivity contribution < 1.29 is 0 Å². The molecule has 0 unspecified atom stereocenters. The zero-order valence-electron chi connectivity index (χ0n) is 36.8. The van der Waals surface area contributed by atoms with Crippen LogP contribution < -0.4 is 15.3 Å². The van der Waals surface area contributed by atoms with Gasteiger partial charge in [0.15, 0.2) is 0 Å². The summed E-state index contributed by atoms with van der Waals surface area (Å²) < 4.78 is 0. The van der Waals surface area contributed by atoms with Gasteiger partial charge in [-0.25, -0.2) is 0 Å². The number of nitrogens with zero attached hydrogens (tertiary/aromatic N) is 1. The molecule has 3 aliphatic carbocycles. The highest BCUT2D eigenvalue weighted by atomic mass is 28.3. The summed E-state index contributed by atoms with van der Waals surface area (Å²) in [5.41, 5.74) is 23.3. The van der Waals surface area contributed by atoms with Crippen LogP contribution in [-0.4, -0.2) is 8.07 Å². The zero-order valence-corrected chi connectivity index (χ0v) is 37.8. The number of anilines is 3. The third-order valence-electron chi connectivity index (χ3n) is 15.0. The first-order valence-electron chi connectivity index (χ1n) is 22.4. The van der Waals surface area contributed by atoms with E-state index in [1.54, 1.807) is 5.19 Å². The monoisotopic (exact) mass is 803 g/mol. The van der Waals surface area contributed by atoms with Gasteiger partial charge in [0.1, 0.15) is 8.07 Å². The Bertz CT molecular complexity index is 3050. The van der Waals surface area contributed by atoms with Crippen molar-refractivity contribution in [1.82, 2.24) is 0 Å². The van der Waals surface area contributed by atoms with Crippen LogP contribution in [0, 0.1) is 0 Å². The Balaban J connectivity index is 1.15. The van der Waals surface area contributed by atoms with E-state index in [1.165, 1.54) is 111 Å². The van der Waals surface area contributed by atoms with Crippen LogP contribution in [-0.2, 0) is 29.1 Å². The van der Waals surface area contributed by atoms with Crippen molar-refractivity contribution in [3.8, 4) is 33.4 Å². The summed E-state index contributed by atoms with van der Waals surface area (Å²) in [6.07, 6.45) is 2.24. The van der Waals surface area contributed by atoms with Gasteiger partial charge in [-0.3, -0.25) is 0 Å². The molecule has 0 N–H and O–H groups in total. The molecule has 0 radical (unpaired) electrons. The van der Waals surface area contributed by atoms with Crippen molar-refractivity contribution in [1.29, 1.82) is 0 Å². The molecule has 0 saturated heterocycles. The van der Waals surface area contributed by atoms with Gasteiger partial charge in [0.25, 0.3) is 0 Å². The molecule has 0 saturated carbocycles. The molecule has 2 heteroatoms. The fourth-order valence-electron chi connectivity index (χ4n) is 12.3. The van der Waals surface area contributed by atoms with E-state index in [1.807, 2.05) is 0 Å². The second-order valence-corrected chi connectivity index (χ2v) is 25.1. The van der Waals surface area contributed by atoms with Crippen molar-refractivity contribution in [3.63, 3.8) is 0 Å². The Labute approximate surface area is 362 Å². The molecular weight excluding hydrogens is 751 g/mol. The lowest BCUT2D eigenvalue weighted by Crippen LogP contribution is -2.52. The minimum atomic E-state index is -2.46. The second-order valence-electron chi connectivity index (χ2n) is 20.8. The highest BCUT2D eigenvalue weighted by molar-refractivity contribution is 7.05. The van der Waals surface area contributed by atoms with Crippen LogP contribution >= 0.6 is 0 Å². The number of fused-ring (bicyclic) bond motifs is 13. The van der Waals surface area contributed by atoms with Gasteiger partial charge in [0, 0.05) is 17.1 Å². The minimum Gasteiger partial charge on any atom is -0.311 e. The van der Waals surface area contributed by atoms with Crippen molar-refractivity contribution >= 4 is 46.3 Å². The molecule has 1 aliphatic heterocycles. The Morgan fingerprint density at radius 3 is 1.49 bits per heavy atom. The van der Waals surface area contributed by atoms with Crippen LogP contribution in [0.25, 0.3) is 44.2 Å². The maximum Gasteiger partial charge on any atom is 0.117 e. The minimum absolute atomic E-state index is 0.0710. The first-order valence-corrected chi connectivity index (χ1v) is 25.4. The lowest BCUT2D eigenvalue weighted by Gasteiger charge is -2.42. The standard InChI is InChI=1S/C59H53NSi/c1-57(2,3)38-24-28-40(29-25-38)60(41-30-26-39(27-31-41)58(4,5)6)51-19-13-16-44-45-33-35-50-54(56(45)61(7,8)55(44)51)46-32-22-36-20-21-37-23-34-49(53(46)52(36)37)59(50)47-17-11-9-14-42(47)43-15-10-12-18-48(43)59/h9-19,22-35H,20-21H2,1-8H3. The van der Waals surface area contributed by atoms with Crippen molar-refractivity contribution in [2.24, 2.45) is 0 Å².